The molecule has 1 saturated carbocycles. The summed E-state index contributed by atoms with van der Waals surface area (Å²) >= 11 is 0. The molecule has 1 saturated heterocycles. The normalized spacial score (nSPS) is 24.3. The zero-order valence-electron chi connectivity index (χ0n) is 10.6. The van der Waals surface area contributed by atoms with Gasteiger partial charge in [-0.25, -0.2) is 0 Å². The molecule has 2 aliphatic rings. The number of amides is 1. The number of nitrogens with one attached hydrogen (secondary N) is 1. The third kappa shape index (κ3) is 2.41. The fourth-order valence-corrected chi connectivity index (χ4v) is 2.76. The van der Waals surface area contributed by atoms with E-state index in [0.29, 0.717) is 0 Å². The predicted octanol–water partition coefficient (Wildman–Crippen LogP) is 1.79. The van der Waals surface area contributed by atoms with E-state index in [-0.39, 0.29) is 11.9 Å². The average Bonchev–Trinajstić information content (AvgIpc) is 2.67. The molecule has 0 bridgehead atoms. The molecule has 0 radical (unpaired) electrons. The molecule has 3 rings (SSSR count). The van der Waals surface area contributed by atoms with Gasteiger partial charge in [0.2, 0.25) is 5.91 Å². The molecule has 18 heavy (non-hydrogen) atoms. The molecule has 3 nitrogen and oxygen atoms in total. The van der Waals surface area contributed by atoms with E-state index in [4.69, 9.17) is 0 Å². The van der Waals surface area contributed by atoms with Crippen LogP contribution in [0.1, 0.15) is 24.8 Å². The van der Waals surface area contributed by atoms with Crippen molar-refractivity contribution in [3.05, 3.63) is 35.9 Å². The van der Waals surface area contributed by atoms with Crippen LogP contribution in [-0.4, -0.2) is 30.1 Å². The quantitative estimate of drug-likeness (QED) is 0.875. The van der Waals surface area contributed by atoms with Gasteiger partial charge in [0.25, 0.3) is 0 Å². The van der Waals surface area contributed by atoms with Gasteiger partial charge in [0, 0.05) is 6.54 Å². The molecule has 1 aromatic rings. The van der Waals surface area contributed by atoms with Crippen LogP contribution in [0.25, 0.3) is 0 Å². The molecule has 1 aliphatic heterocycles. The van der Waals surface area contributed by atoms with Crippen LogP contribution in [0.3, 0.4) is 0 Å². The fraction of sp³-hybridized carbons (Fsp3) is 0.533. The maximum atomic E-state index is 12.2. The van der Waals surface area contributed by atoms with Crippen molar-refractivity contribution in [1.82, 2.24) is 10.2 Å². The second-order valence-corrected chi connectivity index (χ2v) is 5.46. The Bertz CT molecular complexity index is 414. The summed E-state index contributed by atoms with van der Waals surface area (Å²) in [5.41, 5.74) is 1.23. The molecule has 2 fully saturated rings. The second-order valence-electron chi connectivity index (χ2n) is 5.46. The van der Waals surface area contributed by atoms with Gasteiger partial charge in [-0.2, -0.15) is 0 Å². The monoisotopic (exact) mass is 244 g/mol. The van der Waals surface area contributed by atoms with Crippen molar-refractivity contribution in [1.29, 1.82) is 0 Å². The molecule has 1 N–H and O–H groups in total. The van der Waals surface area contributed by atoms with Gasteiger partial charge in [-0.05, 0) is 30.7 Å². The van der Waals surface area contributed by atoms with E-state index in [1.54, 1.807) is 0 Å². The molecular formula is C15H20N2O. The van der Waals surface area contributed by atoms with Gasteiger partial charge in [-0.15, -0.1) is 0 Å². The smallest absolute Gasteiger partial charge is 0.241 e. The Hall–Kier alpha value is -1.35. The first-order chi connectivity index (χ1) is 8.83. The standard InChI is InChI=1S/C15H20N2O/c18-15-14(9-12-5-2-1-3-6-12)16-11-17(15)10-13-7-4-8-13/h1-3,5-6,13-14,16H,4,7-11H2. The van der Waals surface area contributed by atoms with E-state index < -0.39 is 0 Å². The minimum absolute atomic E-state index is 0.0209. The number of carbonyl (C=O) groups is 1. The number of nitrogens with zero attached hydrogens (tertiary/aromatic N) is 1. The molecule has 0 spiro atoms. The Morgan fingerprint density at radius 3 is 2.67 bits per heavy atom. The third-order valence-corrected chi connectivity index (χ3v) is 4.12. The highest BCUT2D eigenvalue weighted by Gasteiger charge is 2.33. The number of rotatable bonds is 4. The number of hydrogen-bond donors (Lipinski definition) is 1. The topological polar surface area (TPSA) is 32.3 Å². The Balaban J connectivity index is 1.56. The summed E-state index contributed by atoms with van der Waals surface area (Å²) in [5, 5.41) is 3.33. The van der Waals surface area contributed by atoms with Crippen LogP contribution in [0.5, 0.6) is 0 Å². The van der Waals surface area contributed by atoms with Crippen LogP contribution < -0.4 is 5.32 Å². The first-order valence-corrected chi connectivity index (χ1v) is 6.89. The van der Waals surface area contributed by atoms with Crippen molar-refractivity contribution in [3.8, 4) is 0 Å². The molecule has 1 unspecified atom stereocenters. The van der Waals surface area contributed by atoms with Gasteiger partial charge in [0.05, 0.1) is 12.7 Å². The summed E-state index contributed by atoms with van der Waals surface area (Å²) < 4.78 is 0. The highest BCUT2D eigenvalue weighted by molar-refractivity contribution is 5.84. The summed E-state index contributed by atoms with van der Waals surface area (Å²) in [5.74, 6) is 1.04. The van der Waals surface area contributed by atoms with Crippen molar-refractivity contribution >= 4 is 5.91 Å². The van der Waals surface area contributed by atoms with Crippen LogP contribution in [0.2, 0.25) is 0 Å². The largest absolute Gasteiger partial charge is 0.328 e. The van der Waals surface area contributed by atoms with Gasteiger partial charge in [-0.3, -0.25) is 10.1 Å². The van der Waals surface area contributed by atoms with Gasteiger partial charge >= 0.3 is 0 Å². The van der Waals surface area contributed by atoms with Crippen LogP contribution in [-0.2, 0) is 11.2 Å². The zero-order chi connectivity index (χ0) is 12.4. The first kappa shape index (κ1) is 11.7. The molecule has 3 heteroatoms. The van der Waals surface area contributed by atoms with Crippen LogP contribution >= 0.6 is 0 Å². The van der Waals surface area contributed by atoms with Crippen molar-refractivity contribution in [2.75, 3.05) is 13.2 Å². The summed E-state index contributed by atoms with van der Waals surface area (Å²) in [7, 11) is 0. The molecule has 1 aliphatic carbocycles. The van der Waals surface area contributed by atoms with E-state index in [0.717, 1.165) is 25.6 Å². The summed E-state index contributed by atoms with van der Waals surface area (Å²) in [6, 6.07) is 10.2. The zero-order valence-corrected chi connectivity index (χ0v) is 10.6. The van der Waals surface area contributed by atoms with Crippen LogP contribution in [0, 0.1) is 5.92 Å². The minimum Gasteiger partial charge on any atom is -0.328 e. The molecular weight excluding hydrogens is 224 g/mol. The predicted molar refractivity (Wildman–Crippen MR) is 71.0 cm³/mol. The Morgan fingerprint density at radius 1 is 1.22 bits per heavy atom. The Kier molecular flexibility index (Phi) is 3.33. The van der Waals surface area contributed by atoms with E-state index in [9.17, 15) is 4.79 Å². The van der Waals surface area contributed by atoms with Crippen LogP contribution in [0.15, 0.2) is 30.3 Å². The lowest BCUT2D eigenvalue weighted by atomic mass is 9.85. The number of hydrogen-bond acceptors (Lipinski definition) is 2. The molecule has 1 heterocycles. The Labute approximate surface area is 108 Å². The number of carbonyl (C=O) groups excluding carboxylic acids is 1. The molecule has 0 aromatic heterocycles. The van der Waals surface area contributed by atoms with Gasteiger partial charge < -0.3 is 4.90 Å². The maximum Gasteiger partial charge on any atom is 0.241 e. The average molecular weight is 244 g/mol. The highest BCUT2D eigenvalue weighted by atomic mass is 16.2. The van der Waals surface area contributed by atoms with Gasteiger partial charge in [0.1, 0.15) is 0 Å². The number of benzene rings is 1. The summed E-state index contributed by atoms with van der Waals surface area (Å²) in [4.78, 5) is 14.2. The van der Waals surface area contributed by atoms with E-state index in [1.807, 2.05) is 23.1 Å². The van der Waals surface area contributed by atoms with Gasteiger partial charge in [-0.1, -0.05) is 36.8 Å². The van der Waals surface area contributed by atoms with Crippen molar-refractivity contribution < 1.29 is 4.79 Å². The summed E-state index contributed by atoms with van der Waals surface area (Å²) in [6.45, 7) is 1.68. The first-order valence-electron chi connectivity index (χ1n) is 6.89. The SMILES string of the molecule is O=C1C(Cc2ccccc2)NCN1CC1CCC1. The Morgan fingerprint density at radius 2 is 2.00 bits per heavy atom. The minimum atomic E-state index is -0.0209. The molecule has 96 valence electrons. The summed E-state index contributed by atoms with van der Waals surface area (Å²) in [6.07, 6.45) is 4.74. The van der Waals surface area contributed by atoms with Gasteiger partial charge in [0.15, 0.2) is 0 Å². The lowest BCUT2D eigenvalue weighted by Crippen LogP contribution is -2.36. The van der Waals surface area contributed by atoms with E-state index in [1.165, 1.54) is 24.8 Å². The molecule has 1 amide bonds. The molecule has 1 atom stereocenters. The van der Waals surface area contributed by atoms with Crippen molar-refractivity contribution in [3.63, 3.8) is 0 Å². The highest BCUT2D eigenvalue weighted by Crippen LogP contribution is 2.27. The van der Waals surface area contributed by atoms with Crippen LogP contribution in [0.4, 0.5) is 0 Å². The maximum absolute atomic E-state index is 12.2. The van der Waals surface area contributed by atoms with E-state index >= 15 is 0 Å². The van der Waals surface area contributed by atoms with Crippen molar-refractivity contribution in [2.45, 2.75) is 31.7 Å². The third-order valence-electron chi connectivity index (χ3n) is 4.12. The lowest BCUT2D eigenvalue weighted by Gasteiger charge is -2.29. The fourth-order valence-electron chi connectivity index (χ4n) is 2.76. The second kappa shape index (κ2) is 5.11. The lowest BCUT2D eigenvalue weighted by molar-refractivity contribution is -0.129. The van der Waals surface area contributed by atoms with Crippen molar-refractivity contribution in [2.24, 2.45) is 5.92 Å². The van der Waals surface area contributed by atoms with E-state index in [2.05, 4.69) is 17.4 Å². The molecule has 1 aromatic carbocycles.